The summed E-state index contributed by atoms with van der Waals surface area (Å²) < 4.78 is 5.48. The summed E-state index contributed by atoms with van der Waals surface area (Å²) in [5.74, 6) is -0.381. The molecule has 154 valence electrons. The van der Waals surface area contributed by atoms with Gasteiger partial charge < -0.3 is 10.1 Å². The maximum Gasteiger partial charge on any atom is 0.252 e. The molecule has 4 rings (SSSR count). The SMILES string of the molecule is O=C(NCC(c1cccs1)N1CCOCC1)c1ccccc1C(=O)c1ccccc1. The molecule has 1 N–H and O–H groups in total. The van der Waals surface area contributed by atoms with Crippen molar-refractivity contribution >= 4 is 23.0 Å². The third-order valence-electron chi connectivity index (χ3n) is 5.27. The van der Waals surface area contributed by atoms with Crippen LogP contribution in [-0.4, -0.2) is 49.4 Å². The lowest BCUT2D eigenvalue weighted by Crippen LogP contribution is -2.43. The summed E-state index contributed by atoms with van der Waals surface area (Å²) in [5.41, 5.74) is 1.39. The Bertz CT molecular complexity index is 983. The monoisotopic (exact) mass is 420 g/mol. The molecular formula is C24H24N2O3S. The average molecular weight is 421 g/mol. The molecule has 0 radical (unpaired) electrons. The number of thiophene rings is 1. The molecule has 0 aliphatic carbocycles. The molecule has 1 amide bonds. The van der Waals surface area contributed by atoms with E-state index < -0.39 is 0 Å². The van der Waals surface area contributed by atoms with Gasteiger partial charge in [-0.15, -0.1) is 11.3 Å². The molecule has 3 aromatic rings. The molecule has 5 nitrogen and oxygen atoms in total. The third-order valence-corrected chi connectivity index (χ3v) is 6.24. The maximum absolute atomic E-state index is 13.1. The summed E-state index contributed by atoms with van der Waals surface area (Å²) in [6, 6.07) is 20.3. The van der Waals surface area contributed by atoms with Crippen LogP contribution in [-0.2, 0) is 4.74 Å². The Hall–Kier alpha value is -2.80. The molecule has 30 heavy (non-hydrogen) atoms. The fraction of sp³-hybridized carbons (Fsp3) is 0.250. The lowest BCUT2D eigenvalue weighted by atomic mass is 9.98. The quantitative estimate of drug-likeness (QED) is 0.591. The second kappa shape index (κ2) is 9.80. The van der Waals surface area contributed by atoms with Gasteiger partial charge in [0.05, 0.1) is 24.8 Å². The minimum atomic E-state index is -0.232. The van der Waals surface area contributed by atoms with Crippen molar-refractivity contribution < 1.29 is 14.3 Å². The van der Waals surface area contributed by atoms with Crippen molar-refractivity contribution in [2.45, 2.75) is 6.04 Å². The van der Waals surface area contributed by atoms with E-state index in [1.54, 1.807) is 47.7 Å². The molecule has 1 fully saturated rings. The van der Waals surface area contributed by atoms with Gasteiger partial charge in [-0.05, 0) is 17.5 Å². The topological polar surface area (TPSA) is 58.6 Å². The summed E-state index contributed by atoms with van der Waals surface area (Å²) in [6.45, 7) is 3.55. The van der Waals surface area contributed by atoms with Crippen LogP contribution in [0.3, 0.4) is 0 Å². The lowest BCUT2D eigenvalue weighted by Gasteiger charge is -2.34. The Balaban J connectivity index is 1.51. The molecule has 0 saturated carbocycles. The van der Waals surface area contributed by atoms with Gasteiger partial charge >= 0.3 is 0 Å². The maximum atomic E-state index is 13.1. The fourth-order valence-corrected chi connectivity index (χ4v) is 4.55. The zero-order valence-electron chi connectivity index (χ0n) is 16.6. The standard InChI is InChI=1S/C24H24N2O3S/c27-23(18-7-2-1-3-8-18)19-9-4-5-10-20(19)24(28)25-17-21(22-11-6-16-30-22)26-12-14-29-15-13-26/h1-11,16,21H,12-15,17H2,(H,25,28). The third kappa shape index (κ3) is 4.67. The molecule has 1 unspecified atom stereocenters. The van der Waals surface area contributed by atoms with Gasteiger partial charge in [0.1, 0.15) is 0 Å². The van der Waals surface area contributed by atoms with E-state index in [4.69, 9.17) is 4.74 Å². The highest BCUT2D eigenvalue weighted by Crippen LogP contribution is 2.25. The second-order valence-corrected chi connectivity index (χ2v) is 8.11. The smallest absolute Gasteiger partial charge is 0.252 e. The van der Waals surface area contributed by atoms with Crippen LogP contribution in [0.4, 0.5) is 0 Å². The minimum Gasteiger partial charge on any atom is -0.379 e. The van der Waals surface area contributed by atoms with E-state index in [1.165, 1.54) is 4.88 Å². The van der Waals surface area contributed by atoms with Crippen LogP contribution in [0.15, 0.2) is 72.1 Å². The van der Waals surface area contributed by atoms with Crippen molar-refractivity contribution in [3.05, 3.63) is 93.7 Å². The van der Waals surface area contributed by atoms with Gasteiger partial charge in [-0.2, -0.15) is 0 Å². The number of morpholine rings is 1. The average Bonchev–Trinajstić information content (AvgIpc) is 3.34. The Morgan fingerprint density at radius 2 is 1.63 bits per heavy atom. The van der Waals surface area contributed by atoms with Crippen LogP contribution in [0.2, 0.25) is 0 Å². The normalized spacial score (nSPS) is 15.5. The zero-order chi connectivity index (χ0) is 20.8. The van der Waals surface area contributed by atoms with E-state index in [0.717, 1.165) is 13.1 Å². The Morgan fingerprint density at radius 1 is 0.933 bits per heavy atom. The first-order valence-corrected chi connectivity index (χ1v) is 10.9. The van der Waals surface area contributed by atoms with Crippen molar-refractivity contribution in [2.75, 3.05) is 32.8 Å². The molecule has 2 aromatic carbocycles. The van der Waals surface area contributed by atoms with Crippen molar-refractivity contribution in [3.63, 3.8) is 0 Å². The summed E-state index contributed by atoms with van der Waals surface area (Å²) in [6.07, 6.45) is 0. The molecular weight excluding hydrogens is 396 g/mol. The number of carbonyl (C=O) groups excluding carboxylic acids is 2. The Morgan fingerprint density at radius 3 is 2.33 bits per heavy atom. The molecule has 0 bridgehead atoms. The summed E-state index contributed by atoms with van der Waals surface area (Å²) >= 11 is 1.69. The largest absolute Gasteiger partial charge is 0.379 e. The molecule has 1 atom stereocenters. The van der Waals surface area contributed by atoms with E-state index in [-0.39, 0.29) is 17.7 Å². The van der Waals surface area contributed by atoms with Gasteiger partial charge in [-0.3, -0.25) is 14.5 Å². The Labute approximate surface area is 180 Å². The number of nitrogens with one attached hydrogen (secondary N) is 1. The van der Waals surface area contributed by atoms with Crippen molar-refractivity contribution in [2.24, 2.45) is 0 Å². The molecule has 0 spiro atoms. The van der Waals surface area contributed by atoms with Crippen LogP contribution in [0.25, 0.3) is 0 Å². The second-order valence-electron chi connectivity index (χ2n) is 7.13. The number of rotatable bonds is 7. The minimum absolute atomic E-state index is 0.0924. The first kappa shape index (κ1) is 20.5. The molecule has 1 aromatic heterocycles. The molecule has 1 aliphatic heterocycles. The van der Waals surface area contributed by atoms with E-state index in [2.05, 4.69) is 21.7 Å². The summed E-state index contributed by atoms with van der Waals surface area (Å²) in [4.78, 5) is 29.6. The van der Waals surface area contributed by atoms with Gasteiger partial charge in [0.2, 0.25) is 0 Å². The zero-order valence-corrected chi connectivity index (χ0v) is 17.4. The first-order valence-electron chi connectivity index (χ1n) is 10.1. The van der Waals surface area contributed by atoms with Crippen LogP contribution in [0.5, 0.6) is 0 Å². The highest BCUT2D eigenvalue weighted by Gasteiger charge is 2.25. The molecule has 2 heterocycles. The highest BCUT2D eigenvalue weighted by molar-refractivity contribution is 7.10. The highest BCUT2D eigenvalue weighted by atomic mass is 32.1. The van der Waals surface area contributed by atoms with E-state index >= 15 is 0 Å². The Kier molecular flexibility index (Phi) is 6.69. The first-order chi connectivity index (χ1) is 14.7. The van der Waals surface area contributed by atoms with E-state index in [1.807, 2.05) is 24.3 Å². The number of ketones is 1. The number of hydrogen-bond acceptors (Lipinski definition) is 5. The van der Waals surface area contributed by atoms with E-state index in [0.29, 0.717) is 36.4 Å². The number of nitrogens with zero attached hydrogens (tertiary/aromatic N) is 1. The number of carbonyl (C=O) groups is 2. The van der Waals surface area contributed by atoms with Crippen molar-refractivity contribution in [1.82, 2.24) is 10.2 Å². The number of amides is 1. The van der Waals surface area contributed by atoms with Gasteiger partial charge in [0.15, 0.2) is 5.78 Å². The van der Waals surface area contributed by atoms with Crippen LogP contribution in [0, 0.1) is 0 Å². The lowest BCUT2D eigenvalue weighted by molar-refractivity contribution is 0.0169. The van der Waals surface area contributed by atoms with Gasteiger partial charge in [0.25, 0.3) is 5.91 Å². The number of benzene rings is 2. The van der Waals surface area contributed by atoms with Gasteiger partial charge in [-0.1, -0.05) is 54.6 Å². The van der Waals surface area contributed by atoms with E-state index in [9.17, 15) is 9.59 Å². The fourth-order valence-electron chi connectivity index (χ4n) is 3.69. The van der Waals surface area contributed by atoms with Crippen molar-refractivity contribution in [1.29, 1.82) is 0 Å². The molecule has 1 saturated heterocycles. The molecule has 1 aliphatic rings. The molecule has 6 heteroatoms. The number of hydrogen-bond donors (Lipinski definition) is 1. The summed E-state index contributed by atoms with van der Waals surface area (Å²) in [5, 5.41) is 5.12. The van der Waals surface area contributed by atoms with Crippen LogP contribution in [0.1, 0.15) is 37.2 Å². The van der Waals surface area contributed by atoms with Crippen LogP contribution < -0.4 is 5.32 Å². The summed E-state index contributed by atoms with van der Waals surface area (Å²) in [7, 11) is 0. The van der Waals surface area contributed by atoms with Crippen molar-refractivity contribution in [3.8, 4) is 0 Å². The van der Waals surface area contributed by atoms with Gasteiger partial charge in [-0.25, -0.2) is 0 Å². The predicted octanol–water partition coefficient (Wildman–Crippen LogP) is 3.78. The van der Waals surface area contributed by atoms with Gasteiger partial charge in [0, 0.05) is 35.6 Å². The number of ether oxygens (including phenoxy) is 1. The van der Waals surface area contributed by atoms with Crippen LogP contribution >= 0.6 is 11.3 Å². The predicted molar refractivity (Wildman–Crippen MR) is 118 cm³/mol.